The van der Waals surface area contributed by atoms with Crippen molar-refractivity contribution in [3.8, 4) is 0 Å². The van der Waals surface area contributed by atoms with Crippen molar-refractivity contribution in [3.63, 3.8) is 0 Å². The first-order valence-corrected chi connectivity index (χ1v) is 6.17. The van der Waals surface area contributed by atoms with Gasteiger partial charge < -0.3 is 10.3 Å². The van der Waals surface area contributed by atoms with Crippen LogP contribution in [0.4, 0.5) is 10.1 Å². The van der Waals surface area contributed by atoms with E-state index in [0.717, 1.165) is 11.1 Å². The van der Waals surface area contributed by atoms with Crippen LogP contribution < -0.4 is 11.2 Å². The lowest BCUT2D eigenvalue weighted by Crippen LogP contribution is -2.14. The molecule has 94 valence electrons. The van der Waals surface area contributed by atoms with E-state index in [1.807, 2.05) is 6.92 Å². The Morgan fingerprint density at radius 1 is 1.39 bits per heavy atom. The topological polar surface area (TPSA) is 48.0 Å². The number of rotatable bonds is 2. The molecule has 0 aliphatic heterocycles. The predicted molar refractivity (Wildman–Crippen MR) is 73.1 cm³/mol. The van der Waals surface area contributed by atoms with Gasteiger partial charge in [0.25, 0.3) is 0 Å². The first kappa shape index (κ1) is 12.8. The van der Waals surface area contributed by atoms with E-state index in [2.05, 4.69) is 15.9 Å². The molecular weight excluding hydrogens is 299 g/mol. The van der Waals surface area contributed by atoms with Crippen LogP contribution in [0.25, 0.3) is 0 Å². The summed E-state index contributed by atoms with van der Waals surface area (Å²) in [7, 11) is 0. The van der Waals surface area contributed by atoms with E-state index >= 15 is 0 Å². The molecule has 0 saturated carbocycles. The van der Waals surface area contributed by atoms with Gasteiger partial charge in [0, 0.05) is 18.9 Å². The van der Waals surface area contributed by atoms with Crippen molar-refractivity contribution in [2.45, 2.75) is 13.5 Å². The molecule has 2 N–H and O–H groups in total. The lowest BCUT2D eigenvalue weighted by Gasteiger charge is -2.10. The second-order valence-corrected chi connectivity index (χ2v) is 4.99. The molecule has 0 saturated heterocycles. The van der Waals surface area contributed by atoms with Crippen LogP contribution in [0.2, 0.25) is 0 Å². The summed E-state index contributed by atoms with van der Waals surface area (Å²) in [5, 5.41) is 0. The summed E-state index contributed by atoms with van der Waals surface area (Å²) in [6.07, 6.45) is 3.19. The van der Waals surface area contributed by atoms with Crippen LogP contribution in [0.3, 0.4) is 0 Å². The van der Waals surface area contributed by atoms with Gasteiger partial charge in [0.2, 0.25) is 5.43 Å². The summed E-state index contributed by atoms with van der Waals surface area (Å²) < 4.78 is 15.3. The van der Waals surface area contributed by atoms with Crippen LogP contribution in [-0.4, -0.2) is 4.57 Å². The van der Waals surface area contributed by atoms with Crippen LogP contribution in [0.5, 0.6) is 0 Å². The zero-order valence-corrected chi connectivity index (χ0v) is 11.4. The molecule has 18 heavy (non-hydrogen) atoms. The first-order valence-electron chi connectivity index (χ1n) is 5.37. The number of nitrogen functional groups attached to an aromatic ring is 1. The van der Waals surface area contributed by atoms with Gasteiger partial charge in [0.1, 0.15) is 5.82 Å². The molecule has 0 atom stereocenters. The molecule has 1 heterocycles. The number of aryl methyl sites for hydroxylation is 1. The molecule has 3 nitrogen and oxygen atoms in total. The predicted octanol–water partition coefficient (Wildman–Crippen LogP) is 2.69. The summed E-state index contributed by atoms with van der Waals surface area (Å²) in [5.41, 5.74) is 7.38. The fourth-order valence-electron chi connectivity index (χ4n) is 1.72. The zero-order chi connectivity index (χ0) is 13.3. The minimum Gasteiger partial charge on any atom is -0.394 e. The molecule has 0 aliphatic rings. The third-order valence-electron chi connectivity index (χ3n) is 2.73. The lowest BCUT2D eigenvalue weighted by molar-refractivity contribution is 0.622. The van der Waals surface area contributed by atoms with Gasteiger partial charge in [-0.25, -0.2) is 4.39 Å². The highest BCUT2D eigenvalue weighted by Crippen LogP contribution is 2.14. The number of hydrogen-bond acceptors (Lipinski definition) is 2. The third-order valence-corrected chi connectivity index (χ3v) is 3.29. The van der Waals surface area contributed by atoms with Crippen LogP contribution >= 0.6 is 15.9 Å². The third kappa shape index (κ3) is 2.61. The van der Waals surface area contributed by atoms with Gasteiger partial charge in [-0.2, -0.15) is 0 Å². The second-order valence-electron chi connectivity index (χ2n) is 4.13. The Labute approximate surface area is 112 Å². The van der Waals surface area contributed by atoms with Crippen molar-refractivity contribution in [2.75, 3.05) is 5.73 Å². The van der Waals surface area contributed by atoms with Gasteiger partial charge in [-0.15, -0.1) is 0 Å². The van der Waals surface area contributed by atoms with Crippen LogP contribution in [0.15, 0.2) is 39.9 Å². The molecule has 2 aromatic rings. The lowest BCUT2D eigenvalue weighted by atomic mass is 10.1. The van der Waals surface area contributed by atoms with E-state index in [0.29, 0.717) is 11.0 Å². The molecule has 0 radical (unpaired) electrons. The van der Waals surface area contributed by atoms with Crippen molar-refractivity contribution in [1.82, 2.24) is 4.57 Å². The van der Waals surface area contributed by atoms with E-state index in [1.54, 1.807) is 23.0 Å². The Balaban J connectivity index is 2.40. The Morgan fingerprint density at radius 3 is 2.78 bits per heavy atom. The average Bonchev–Trinajstić information content (AvgIpc) is 2.31. The molecule has 0 spiro atoms. The van der Waals surface area contributed by atoms with Crippen molar-refractivity contribution in [1.29, 1.82) is 0 Å². The maximum Gasteiger partial charge on any atom is 0.218 e. The van der Waals surface area contributed by atoms with Gasteiger partial charge in [-0.3, -0.25) is 4.79 Å². The molecular formula is C13H12BrFN2O. The standard InChI is InChI=1S/C13H12BrFN2O/c1-8-2-3-10(15)4-9(8)5-17-6-11(14)13(18)12(16)7-17/h2-4,6-7H,5,16H2,1H3. The van der Waals surface area contributed by atoms with E-state index in [1.165, 1.54) is 12.1 Å². The summed E-state index contributed by atoms with van der Waals surface area (Å²) in [6, 6.07) is 4.64. The normalized spacial score (nSPS) is 10.6. The van der Waals surface area contributed by atoms with E-state index in [4.69, 9.17) is 5.73 Å². The van der Waals surface area contributed by atoms with Crippen LogP contribution in [0, 0.1) is 12.7 Å². The van der Waals surface area contributed by atoms with Crippen LogP contribution in [-0.2, 0) is 6.54 Å². The van der Waals surface area contributed by atoms with Gasteiger partial charge in [0.05, 0.1) is 10.2 Å². The summed E-state index contributed by atoms with van der Waals surface area (Å²) in [4.78, 5) is 11.4. The Morgan fingerprint density at radius 2 is 2.11 bits per heavy atom. The molecule has 0 fully saturated rings. The van der Waals surface area contributed by atoms with Gasteiger partial charge in [-0.1, -0.05) is 6.07 Å². The van der Waals surface area contributed by atoms with Crippen LogP contribution in [0.1, 0.15) is 11.1 Å². The number of nitrogens with two attached hydrogens (primary N) is 1. The highest BCUT2D eigenvalue weighted by molar-refractivity contribution is 9.10. The van der Waals surface area contributed by atoms with Crippen molar-refractivity contribution >= 4 is 21.6 Å². The molecule has 5 heteroatoms. The Kier molecular flexibility index (Phi) is 3.52. The highest BCUT2D eigenvalue weighted by atomic mass is 79.9. The second kappa shape index (κ2) is 4.94. The SMILES string of the molecule is Cc1ccc(F)cc1Cn1cc(N)c(=O)c(Br)c1. The largest absolute Gasteiger partial charge is 0.394 e. The summed E-state index contributed by atoms with van der Waals surface area (Å²) in [5.74, 6) is -0.274. The quantitative estimate of drug-likeness (QED) is 0.927. The molecule has 1 aromatic carbocycles. The number of nitrogens with zero attached hydrogens (tertiary/aromatic N) is 1. The Hall–Kier alpha value is -1.62. The maximum atomic E-state index is 13.2. The number of halogens is 2. The first-order chi connectivity index (χ1) is 8.47. The van der Waals surface area contributed by atoms with Gasteiger partial charge >= 0.3 is 0 Å². The fraction of sp³-hybridized carbons (Fsp3) is 0.154. The number of benzene rings is 1. The van der Waals surface area contributed by atoms with E-state index in [9.17, 15) is 9.18 Å². The van der Waals surface area contributed by atoms with E-state index in [-0.39, 0.29) is 16.9 Å². The van der Waals surface area contributed by atoms with Gasteiger partial charge in [-0.05, 0) is 46.1 Å². The van der Waals surface area contributed by atoms with Crippen molar-refractivity contribution < 1.29 is 4.39 Å². The molecule has 0 amide bonds. The fourth-order valence-corrected chi connectivity index (χ4v) is 2.21. The van der Waals surface area contributed by atoms with E-state index < -0.39 is 0 Å². The monoisotopic (exact) mass is 310 g/mol. The number of aromatic nitrogens is 1. The summed E-state index contributed by atoms with van der Waals surface area (Å²) in [6.45, 7) is 2.38. The molecule has 0 unspecified atom stereocenters. The molecule has 2 rings (SSSR count). The summed E-state index contributed by atoms with van der Waals surface area (Å²) >= 11 is 3.16. The molecule has 0 aliphatic carbocycles. The number of pyridine rings is 1. The minimum absolute atomic E-state index is 0.165. The van der Waals surface area contributed by atoms with Crippen molar-refractivity contribution in [3.05, 3.63) is 62.2 Å². The average molecular weight is 311 g/mol. The highest BCUT2D eigenvalue weighted by Gasteiger charge is 2.05. The smallest absolute Gasteiger partial charge is 0.218 e. The maximum absolute atomic E-state index is 13.2. The van der Waals surface area contributed by atoms with Crippen molar-refractivity contribution in [2.24, 2.45) is 0 Å². The number of hydrogen-bond donors (Lipinski definition) is 1. The Bertz CT molecular complexity index is 626. The minimum atomic E-state index is -0.274. The molecule has 1 aromatic heterocycles. The van der Waals surface area contributed by atoms with Gasteiger partial charge in [0.15, 0.2) is 0 Å². The molecule has 0 bridgehead atoms. The number of anilines is 1. The zero-order valence-electron chi connectivity index (χ0n) is 9.78.